The van der Waals surface area contributed by atoms with E-state index in [0.29, 0.717) is 6.42 Å². The van der Waals surface area contributed by atoms with Crippen LogP contribution in [-0.2, 0) is 4.79 Å². The van der Waals surface area contributed by atoms with Gasteiger partial charge in [-0.05, 0) is 19.4 Å². The van der Waals surface area contributed by atoms with Crippen molar-refractivity contribution in [1.29, 1.82) is 0 Å². The summed E-state index contributed by atoms with van der Waals surface area (Å²) in [7, 11) is 0. The van der Waals surface area contributed by atoms with Crippen LogP contribution in [0.25, 0.3) is 0 Å². The molecule has 0 aromatic carbocycles. The first-order valence-corrected chi connectivity index (χ1v) is 5.38. The molecule has 1 heteroatoms. The lowest BCUT2D eigenvalue weighted by atomic mass is 10.1. The van der Waals surface area contributed by atoms with Crippen LogP contribution < -0.4 is 0 Å². The molecule has 0 aromatic rings. The maximum atomic E-state index is 11.2. The highest BCUT2D eigenvalue weighted by atomic mass is 16.1. The molecule has 0 spiro atoms. The van der Waals surface area contributed by atoms with Gasteiger partial charge in [0.15, 0.2) is 5.78 Å². The van der Waals surface area contributed by atoms with Crippen LogP contribution in [-0.4, -0.2) is 5.78 Å². The summed E-state index contributed by atoms with van der Waals surface area (Å²) in [6, 6.07) is 0.165. The summed E-state index contributed by atoms with van der Waals surface area (Å²) in [5.41, 5.74) is 0. The molecule has 13 heavy (non-hydrogen) atoms. The first-order chi connectivity index (χ1) is 6.72. The van der Waals surface area contributed by atoms with E-state index in [9.17, 15) is 4.79 Å². The number of rotatable bonds is 8. The number of carbonyl (C=O) groups excluding carboxylic acids is 1. The monoisotopic (exact) mass is 183 g/mol. The Bertz CT molecular complexity index is 185. The lowest BCUT2D eigenvalue weighted by Crippen LogP contribution is -1.91. The standard InChI is InChI=1S/C12H22O/c1-3-5-6-7-8-9-11-12(13)10-4-2/h4,10H,3,5-9,11H2,1-2H3/b10-4+/i10D. The van der Waals surface area contributed by atoms with Crippen molar-refractivity contribution in [3.63, 3.8) is 0 Å². The first kappa shape index (κ1) is 10.5. The molecule has 0 atom stereocenters. The predicted octanol–water partition coefficient (Wildman–Crippen LogP) is 3.88. The van der Waals surface area contributed by atoms with E-state index >= 15 is 0 Å². The van der Waals surface area contributed by atoms with Gasteiger partial charge in [0.1, 0.15) is 0 Å². The zero-order valence-corrected chi connectivity index (χ0v) is 8.94. The van der Waals surface area contributed by atoms with Gasteiger partial charge in [-0.25, -0.2) is 0 Å². The lowest BCUT2D eigenvalue weighted by Gasteiger charge is -1.98. The molecular formula is C12H22O. The van der Waals surface area contributed by atoms with E-state index in [1.165, 1.54) is 25.7 Å². The van der Waals surface area contributed by atoms with Crippen LogP contribution in [0.5, 0.6) is 0 Å². The van der Waals surface area contributed by atoms with E-state index < -0.39 is 0 Å². The van der Waals surface area contributed by atoms with E-state index in [1.807, 2.05) is 0 Å². The van der Waals surface area contributed by atoms with E-state index in [2.05, 4.69) is 6.92 Å². The highest BCUT2D eigenvalue weighted by molar-refractivity contribution is 5.89. The zero-order chi connectivity index (χ0) is 10.8. The zero-order valence-electron chi connectivity index (χ0n) is 9.94. The smallest absolute Gasteiger partial charge is 0.155 e. The van der Waals surface area contributed by atoms with Crippen LogP contribution in [0.3, 0.4) is 0 Å². The molecule has 0 N–H and O–H groups in total. The van der Waals surface area contributed by atoms with Crippen LogP contribution in [0.4, 0.5) is 0 Å². The molecule has 0 radical (unpaired) electrons. The van der Waals surface area contributed by atoms with Gasteiger partial charge in [-0.3, -0.25) is 4.79 Å². The molecule has 0 aliphatic carbocycles. The van der Waals surface area contributed by atoms with E-state index in [1.54, 1.807) is 13.0 Å². The number of unbranched alkanes of at least 4 members (excludes halogenated alkanes) is 5. The molecule has 76 valence electrons. The lowest BCUT2D eigenvalue weighted by molar-refractivity contribution is -0.114. The molecule has 1 nitrogen and oxygen atoms in total. The largest absolute Gasteiger partial charge is 0.295 e. The van der Waals surface area contributed by atoms with E-state index in [4.69, 9.17) is 1.37 Å². The molecule has 0 rings (SSSR count). The van der Waals surface area contributed by atoms with Crippen LogP contribution in [0.2, 0.25) is 0 Å². The highest BCUT2D eigenvalue weighted by Gasteiger charge is 1.95. The summed E-state index contributed by atoms with van der Waals surface area (Å²) in [5.74, 6) is -0.0111. The summed E-state index contributed by atoms with van der Waals surface area (Å²) in [6.45, 7) is 3.93. The number of hydrogen-bond donors (Lipinski definition) is 0. The second kappa shape index (κ2) is 9.50. The third kappa shape index (κ3) is 9.32. The van der Waals surface area contributed by atoms with Crippen molar-refractivity contribution in [3.8, 4) is 0 Å². The van der Waals surface area contributed by atoms with Crippen molar-refractivity contribution in [2.45, 2.75) is 58.8 Å². The quantitative estimate of drug-likeness (QED) is 0.412. The van der Waals surface area contributed by atoms with E-state index in [-0.39, 0.29) is 11.8 Å². The SMILES string of the molecule is [2H]/C(=C\C)C(=O)CCCCCCCC. The Labute approximate surface area is 83.6 Å². The van der Waals surface area contributed by atoms with Crippen molar-refractivity contribution in [3.05, 3.63) is 12.1 Å². The molecule has 0 bridgehead atoms. The minimum Gasteiger partial charge on any atom is -0.295 e. The average molecular weight is 183 g/mol. The third-order valence-corrected chi connectivity index (χ3v) is 2.06. The molecule has 0 unspecified atom stereocenters. The number of allylic oxidation sites excluding steroid dienone is 2. The number of carbonyl (C=O) groups is 1. The molecule has 0 aliphatic heterocycles. The second-order valence-corrected chi connectivity index (χ2v) is 3.37. The van der Waals surface area contributed by atoms with Crippen LogP contribution >= 0.6 is 0 Å². The Morgan fingerprint density at radius 3 is 2.46 bits per heavy atom. The second-order valence-electron chi connectivity index (χ2n) is 3.37. The predicted molar refractivity (Wildman–Crippen MR) is 57.8 cm³/mol. The normalized spacial score (nSPS) is 12.8. The van der Waals surface area contributed by atoms with Gasteiger partial charge in [0, 0.05) is 6.42 Å². The molecule has 0 saturated carbocycles. The summed E-state index contributed by atoms with van der Waals surface area (Å²) in [5, 5.41) is 0. The highest BCUT2D eigenvalue weighted by Crippen LogP contribution is 2.07. The molecule has 0 saturated heterocycles. The fourth-order valence-corrected chi connectivity index (χ4v) is 1.30. The summed E-state index contributed by atoms with van der Waals surface area (Å²) >= 11 is 0. The third-order valence-electron chi connectivity index (χ3n) is 2.06. The Kier molecular flexibility index (Phi) is 7.66. The maximum Gasteiger partial charge on any atom is 0.155 e. The van der Waals surface area contributed by atoms with Gasteiger partial charge >= 0.3 is 0 Å². The number of ketones is 1. The molecule has 0 heterocycles. The van der Waals surface area contributed by atoms with Crippen molar-refractivity contribution >= 4 is 5.78 Å². The molecule has 0 aliphatic rings. The summed E-state index contributed by atoms with van der Waals surface area (Å²) < 4.78 is 7.28. The molecular weight excluding hydrogens is 160 g/mol. The molecule has 0 fully saturated rings. The van der Waals surface area contributed by atoms with Crippen molar-refractivity contribution in [1.82, 2.24) is 0 Å². The fourth-order valence-electron chi connectivity index (χ4n) is 1.30. The van der Waals surface area contributed by atoms with Gasteiger partial charge in [-0.2, -0.15) is 0 Å². The topological polar surface area (TPSA) is 17.1 Å². The van der Waals surface area contributed by atoms with Gasteiger partial charge in [0.05, 0.1) is 1.37 Å². The molecule has 0 aromatic heterocycles. The van der Waals surface area contributed by atoms with Crippen molar-refractivity contribution in [2.75, 3.05) is 0 Å². The van der Waals surface area contributed by atoms with Gasteiger partial charge in [-0.1, -0.05) is 45.1 Å². The van der Waals surface area contributed by atoms with Gasteiger partial charge in [-0.15, -0.1) is 0 Å². The van der Waals surface area contributed by atoms with E-state index in [0.717, 1.165) is 12.8 Å². The minimum atomic E-state index is -0.0111. The minimum absolute atomic E-state index is 0.0111. The van der Waals surface area contributed by atoms with Gasteiger partial charge in [0.25, 0.3) is 0 Å². The number of hydrogen-bond acceptors (Lipinski definition) is 1. The fraction of sp³-hybridized carbons (Fsp3) is 0.750. The Morgan fingerprint density at radius 2 is 1.85 bits per heavy atom. The van der Waals surface area contributed by atoms with Gasteiger partial charge in [0.2, 0.25) is 0 Å². The van der Waals surface area contributed by atoms with Crippen LogP contribution in [0, 0.1) is 0 Å². The van der Waals surface area contributed by atoms with Crippen LogP contribution in [0.15, 0.2) is 12.1 Å². The average Bonchev–Trinajstić information content (AvgIpc) is 2.21. The maximum absolute atomic E-state index is 11.2. The summed E-state index contributed by atoms with van der Waals surface area (Å²) in [6.07, 6.45) is 9.25. The molecule has 0 amide bonds. The van der Waals surface area contributed by atoms with Gasteiger partial charge < -0.3 is 0 Å². The Balaban J connectivity index is 3.32. The summed E-state index contributed by atoms with van der Waals surface area (Å²) in [4.78, 5) is 11.2. The van der Waals surface area contributed by atoms with Crippen LogP contribution in [0.1, 0.15) is 60.2 Å². The van der Waals surface area contributed by atoms with Crippen molar-refractivity contribution in [2.24, 2.45) is 0 Å². The Morgan fingerprint density at radius 1 is 1.23 bits per heavy atom. The first-order valence-electron chi connectivity index (χ1n) is 5.88. The Hall–Kier alpha value is -0.590. The van der Waals surface area contributed by atoms with Crippen molar-refractivity contribution < 1.29 is 6.17 Å².